The largest absolute Gasteiger partial charge is 0.342 e. The van der Waals surface area contributed by atoms with E-state index < -0.39 is 0 Å². The molecule has 2 aromatic rings. The van der Waals surface area contributed by atoms with Crippen molar-refractivity contribution in [1.82, 2.24) is 4.57 Å². The van der Waals surface area contributed by atoms with Gasteiger partial charge in [-0.3, -0.25) is 4.79 Å². The molecule has 0 aliphatic carbocycles. The Morgan fingerprint density at radius 2 is 2.05 bits per heavy atom. The van der Waals surface area contributed by atoms with Gasteiger partial charge in [-0.2, -0.15) is 0 Å². The summed E-state index contributed by atoms with van der Waals surface area (Å²) in [5, 5.41) is 4.01. The van der Waals surface area contributed by atoms with Crippen molar-refractivity contribution in [3.63, 3.8) is 0 Å². The molecule has 6 heteroatoms. The van der Waals surface area contributed by atoms with Crippen molar-refractivity contribution in [2.45, 2.75) is 26.8 Å². The second-order valence-corrected chi connectivity index (χ2v) is 6.47. The monoisotopic (exact) mass is 388 g/mol. The third kappa shape index (κ3) is 3.82. The van der Waals surface area contributed by atoms with Crippen LogP contribution >= 0.6 is 39.1 Å². The number of amides is 1. The Kier molecular flexibility index (Phi) is 5.36. The molecule has 1 aromatic carbocycles. The first-order valence-electron chi connectivity index (χ1n) is 6.55. The minimum absolute atomic E-state index is 0.212. The molecule has 1 aromatic heterocycles. The molecule has 21 heavy (non-hydrogen) atoms. The average molecular weight is 390 g/mol. The highest BCUT2D eigenvalue weighted by Gasteiger charge is 2.15. The molecule has 0 saturated carbocycles. The number of carbonyl (C=O) groups is 1. The predicted octanol–water partition coefficient (Wildman–Crippen LogP) is 5.53. The predicted molar refractivity (Wildman–Crippen MR) is 91.6 cm³/mol. The number of hydrogen-bond donors (Lipinski definition) is 1. The summed E-state index contributed by atoms with van der Waals surface area (Å²) in [4.78, 5) is 12.4. The van der Waals surface area contributed by atoms with Crippen molar-refractivity contribution in [2.75, 3.05) is 5.32 Å². The Hall–Kier alpha value is -0.970. The Bertz CT molecular complexity index is 683. The third-order valence-corrected chi connectivity index (χ3v) is 4.33. The number of benzene rings is 1. The molecule has 2 rings (SSSR count). The number of aryl methyl sites for hydroxylation is 2. The maximum Gasteiger partial charge on any atom is 0.272 e. The van der Waals surface area contributed by atoms with Crippen molar-refractivity contribution < 1.29 is 4.79 Å². The standard InChI is InChI=1S/C15H15BrCl2N2O/c1-3-4-20-8-10(17)6-14(20)15(21)19-13-7-12(18)9(2)5-11(13)16/h5-8H,3-4H2,1-2H3,(H,19,21). The van der Waals surface area contributed by atoms with Gasteiger partial charge >= 0.3 is 0 Å². The van der Waals surface area contributed by atoms with Crippen molar-refractivity contribution >= 4 is 50.7 Å². The van der Waals surface area contributed by atoms with E-state index in [0.29, 0.717) is 21.4 Å². The molecule has 112 valence electrons. The minimum Gasteiger partial charge on any atom is -0.342 e. The van der Waals surface area contributed by atoms with Gasteiger partial charge < -0.3 is 9.88 Å². The smallest absolute Gasteiger partial charge is 0.272 e. The molecule has 0 spiro atoms. The van der Waals surface area contributed by atoms with Crippen LogP contribution in [0.1, 0.15) is 29.4 Å². The number of nitrogens with one attached hydrogen (secondary N) is 1. The van der Waals surface area contributed by atoms with Crippen molar-refractivity contribution in [1.29, 1.82) is 0 Å². The van der Waals surface area contributed by atoms with Crippen LogP contribution in [0.25, 0.3) is 0 Å². The normalized spacial score (nSPS) is 10.7. The molecule has 0 aliphatic heterocycles. The van der Waals surface area contributed by atoms with E-state index in [4.69, 9.17) is 23.2 Å². The zero-order valence-corrected chi connectivity index (χ0v) is 14.8. The van der Waals surface area contributed by atoms with Crippen molar-refractivity contribution in [3.8, 4) is 0 Å². The molecule has 0 radical (unpaired) electrons. The number of carbonyl (C=O) groups excluding carboxylic acids is 1. The number of halogens is 3. The lowest BCUT2D eigenvalue weighted by molar-refractivity contribution is 0.101. The fourth-order valence-corrected chi connectivity index (χ4v) is 2.96. The number of hydrogen-bond acceptors (Lipinski definition) is 1. The number of rotatable bonds is 4. The summed E-state index contributed by atoms with van der Waals surface area (Å²) in [5.41, 5.74) is 2.11. The second kappa shape index (κ2) is 6.86. The van der Waals surface area contributed by atoms with E-state index in [9.17, 15) is 4.79 Å². The van der Waals surface area contributed by atoms with Crippen LogP contribution in [0.2, 0.25) is 10.0 Å². The molecule has 0 unspecified atom stereocenters. The molecule has 0 saturated heterocycles. The lowest BCUT2D eigenvalue weighted by Crippen LogP contribution is -2.17. The zero-order chi connectivity index (χ0) is 15.6. The van der Waals surface area contributed by atoms with Crippen LogP contribution in [-0.2, 0) is 6.54 Å². The van der Waals surface area contributed by atoms with Crippen LogP contribution in [0, 0.1) is 6.92 Å². The Labute approximate surface area is 142 Å². The molecular formula is C15H15BrCl2N2O. The maximum atomic E-state index is 12.4. The van der Waals surface area contributed by atoms with Crippen LogP contribution in [0.15, 0.2) is 28.9 Å². The van der Waals surface area contributed by atoms with Gasteiger partial charge in [0.15, 0.2) is 0 Å². The van der Waals surface area contributed by atoms with Crippen molar-refractivity contribution in [2.24, 2.45) is 0 Å². The highest BCUT2D eigenvalue weighted by molar-refractivity contribution is 9.10. The van der Waals surface area contributed by atoms with Gasteiger partial charge in [0.1, 0.15) is 5.69 Å². The quantitative estimate of drug-likeness (QED) is 0.732. The number of aromatic nitrogens is 1. The first-order valence-corrected chi connectivity index (χ1v) is 8.10. The molecule has 3 nitrogen and oxygen atoms in total. The summed E-state index contributed by atoms with van der Waals surface area (Å²) >= 11 is 15.5. The van der Waals surface area contributed by atoms with Gasteiger partial charge in [-0.15, -0.1) is 0 Å². The van der Waals surface area contributed by atoms with Gasteiger partial charge in [0.25, 0.3) is 5.91 Å². The highest BCUT2D eigenvalue weighted by atomic mass is 79.9. The lowest BCUT2D eigenvalue weighted by Gasteiger charge is -2.11. The summed E-state index contributed by atoms with van der Waals surface area (Å²) in [5.74, 6) is -0.212. The highest BCUT2D eigenvalue weighted by Crippen LogP contribution is 2.29. The fraction of sp³-hybridized carbons (Fsp3) is 0.267. The Morgan fingerprint density at radius 3 is 2.71 bits per heavy atom. The van der Waals surface area contributed by atoms with Gasteiger partial charge in [-0.1, -0.05) is 30.1 Å². The second-order valence-electron chi connectivity index (χ2n) is 4.77. The summed E-state index contributed by atoms with van der Waals surface area (Å²) in [6, 6.07) is 5.26. The van der Waals surface area contributed by atoms with Gasteiger partial charge in [-0.25, -0.2) is 0 Å². The molecule has 1 N–H and O–H groups in total. The molecule has 1 amide bonds. The van der Waals surface area contributed by atoms with E-state index >= 15 is 0 Å². The van der Waals surface area contributed by atoms with E-state index in [1.165, 1.54) is 0 Å². The lowest BCUT2D eigenvalue weighted by atomic mass is 10.2. The van der Waals surface area contributed by atoms with Crippen LogP contribution < -0.4 is 5.32 Å². The van der Waals surface area contributed by atoms with Gasteiger partial charge in [0.05, 0.1) is 10.7 Å². The fourth-order valence-electron chi connectivity index (χ4n) is 2.02. The van der Waals surface area contributed by atoms with E-state index in [0.717, 1.165) is 23.0 Å². The molecular weight excluding hydrogens is 375 g/mol. The molecule has 0 atom stereocenters. The third-order valence-electron chi connectivity index (χ3n) is 3.06. The van der Waals surface area contributed by atoms with Crippen LogP contribution in [0.5, 0.6) is 0 Å². The Morgan fingerprint density at radius 1 is 1.33 bits per heavy atom. The number of anilines is 1. The summed E-state index contributed by atoms with van der Waals surface area (Å²) in [6.45, 7) is 4.70. The van der Waals surface area contributed by atoms with Crippen LogP contribution in [-0.4, -0.2) is 10.5 Å². The zero-order valence-electron chi connectivity index (χ0n) is 11.7. The average Bonchev–Trinajstić information content (AvgIpc) is 2.77. The van der Waals surface area contributed by atoms with E-state index in [1.54, 1.807) is 18.3 Å². The first kappa shape index (κ1) is 16.4. The topological polar surface area (TPSA) is 34.0 Å². The van der Waals surface area contributed by atoms with Gasteiger partial charge in [-0.05, 0) is 53.0 Å². The van der Waals surface area contributed by atoms with E-state index in [1.807, 2.05) is 24.5 Å². The van der Waals surface area contributed by atoms with E-state index in [2.05, 4.69) is 21.2 Å². The van der Waals surface area contributed by atoms with E-state index in [-0.39, 0.29) is 5.91 Å². The molecule has 1 heterocycles. The summed E-state index contributed by atoms with van der Waals surface area (Å²) in [7, 11) is 0. The molecule has 0 fully saturated rings. The SMILES string of the molecule is CCCn1cc(Cl)cc1C(=O)Nc1cc(Cl)c(C)cc1Br. The summed E-state index contributed by atoms with van der Waals surface area (Å²) < 4.78 is 2.64. The van der Waals surface area contributed by atoms with Crippen LogP contribution in [0.3, 0.4) is 0 Å². The Balaban J connectivity index is 2.28. The number of nitrogens with zero attached hydrogens (tertiary/aromatic N) is 1. The maximum absolute atomic E-state index is 12.4. The van der Waals surface area contributed by atoms with Gasteiger partial charge in [0, 0.05) is 22.2 Å². The molecule has 0 aliphatic rings. The van der Waals surface area contributed by atoms with Gasteiger partial charge in [0.2, 0.25) is 0 Å². The van der Waals surface area contributed by atoms with Crippen molar-refractivity contribution in [3.05, 3.63) is 50.2 Å². The summed E-state index contributed by atoms with van der Waals surface area (Å²) in [6.07, 6.45) is 2.68. The first-order chi connectivity index (χ1) is 9.92. The minimum atomic E-state index is -0.212. The van der Waals surface area contributed by atoms with Crippen LogP contribution in [0.4, 0.5) is 5.69 Å². The molecule has 0 bridgehead atoms.